The molecule has 0 aliphatic rings. The molecule has 1 amide bonds. The third-order valence-electron chi connectivity index (χ3n) is 2.35. The number of likely N-dealkylation sites (N-methyl/N-ethyl adjacent to an activating group) is 1. The van der Waals surface area contributed by atoms with Gasteiger partial charge in [-0.15, -0.1) is 0 Å². The molecule has 0 N–H and O–H groups in total. The molecule has 8 heteroatoms. The molecular formula is C14H18N2O6. The largest absolute Gasteiger partial charge is 0.444 e. The first-order valence-electron chi connectivity index (χ1n) is 6.48. The van der Waals surface area contributed by atoms with Gasteiger partial charge in [-0.25, -0.2) is 9.59 Å². The number of nitro benzene ring substituents is 1. The van der Waals surface area contributed by atoms with Crippen LogP contribution < -0.4 is 4.74 Å². The number of non-ortho nitro benzene ring substituents is 1. The fourth-order valence-corrected chi connectivity index (χ4v) is 1.40. The number of benzene rings is 1. The van der Waals surface area contributed by atoms with Crippen LogP contribution in [0.4, 0.5) is 10.5 Å². The van der Waals surface area contributed by atoms with E-state index in [9.17, 15) is 19.7 Å². The molecule has 0 bridgehead atoms. The van der Waals surface area contributed by atoms with E-state index in [1.165, 1.54) is 31.3 Å². The van der Waals surface area contributed by atoms with Gasteiger partial charge in [-0.3, -0.25) is 10.1 Å². The minimum atomic E-state index is -0.679. The number of hydrogen-bond donors (Lipinski definition) is 0. The monoisotopic (exact) mass is 310 g/mol. The van der Waals surface area contributed by atoms with E-state index in [0.29, 0.717) is 0 Å². The third kappa shape index (κ3) is 5.78. The van der Waals surface area contributed by atoms with Crippen LogP contribution in [0.1, 0.15) is 20.8 Å². The Labute approximate surface area is 127 Å². The van der Waals surface area contributed by atoms with E-state index < -0.39 is 22.6 Å². The molecule has 0 aliphatic carbocycles. The van der Waals surface area contributed by atoms with Crippen molar-refractivity contribution < 1.29 is 24.0 Å². The topological polar surface area (TPSA) is 99.0 Å². The second kappa shape index (κ2) is 6.88. The quantitative estimate of drug-likeness (QED) is 0.366. The van der Waals surface area contributed by atoms with E-state index in [2.05, 4.69) is 0 Å². The van der Waals surface area contributed by atoms with E-state index in [1.54, 1.807) is 20.8 Å². The second-order valence-corrected chi connectivity index (χ2v) is 5.56. The SMILES string of the molecule is CN(CC(=O)Oc1ccc([N+](=O)[O-])cc1)C(=O)OC(C)(C)C. The van der Waals surface area contributed by atoms with Gasteiger partial charge in [0.15, 0.2) is 0 Å². The summed E-state index contributed by atoms with van der Waals surface area (Å²) in [5.41, 5.74) is -0.765. The van der Waals surface area contributed by atoms with Crippen molar-refractivity contribution in [3.05, 3.63) is 34.4 Å². The lowest BCUT2D eigenvalue weighted by Crippen LogP contribution is -2.38. The molecular weight excluding hydrogens is 292 g/mol. The normalized spacial score (nSPS) is 10.7. The summed E-state index contributed by atoms with van der Waals surface area (Å²) >= 11 is 0. The van der Waals surface area contributed by atoms with Crippen LogP contribution in [0.15, 0.2) is 24.3 Å². The van der Waals surface area contributed by atoms with Crippen molar-refractivity contribution in [1.29, 1.82) is 0 Å². The molecule has 0 aliphatic heterocycles. The number of nitro groups is 1. The second-order valence-electron chi connectivity index (χ2n) is 5.56. The van der Waals surface area contributed by atoms with Crippen LogP contribution in [-0.2, 0) is 9.53 Å². The van der Waals surface area contributed by atoms with Crippen molar-refractivity contribution in [2.24, 2.45) is 0 Å². The number of rotatable bonds is 4. The summed E-state index contributed by atoms with van der Waals surface area (Å²) in [6.45, 7) is 4.85. The van der Waals surface area contributed by atoms with Gasteiger partial charge >= 0.3 is 12.1 Å². The molecule has 1 aromatic carbocycles. The maximum Gasteiger partial charge on any atom is 0.410 e. The maximum atomic E-state index is 11.7. The molecule has 0 atom stereocenters. The highest BCUT2D eigenvalue weighted by atomic mass is 16.6. The summed E-state index contributed by atoms with van der Waals surface area (Å²) in [7, 11) is 1.41. The molecule has 0 heterocycles. The molecule has 0 aromatic heterocycles. The molecule has 1 aromatic rings. The minimum Gasteiger partial charge on any atom is -0.444 e. The van der Waals surface area contributed by atoms with Crippen molar-refractivity contribution in [3.8, 4) is 5.75 Å². The van der Waals surface area contributed by atoms with E-state index in [-0.39, 0.29) is 18.0 Å². The summed E-state index contributed by atoms with van der Waals surface area (Å²) in [6, 6.07) is 5.06. The molecule has 0 saturated carbocycles. The van der Waals surface area contributed by atoms with Gasteiger partial charge < -0.3 is 14.4 Å². The van der Waals surface area contributed by atoms with Gasteiger partial charge in [-0.2, -0.15) is 0 Å². The first-order chi connectivity index (χ1) is 10.1. The molecule has 0 radical (unpaired) electrons. The van der Waals surface area contributed by atoms with Crippen LogP contribution in [0, 0.1) is 10.1 Å². The lowest BCUT2D eigenvalue weighted by molar-refractivity contribution is -0.384. The number of carbonyl (C=O) groups excluding carboxylic acids is 2. The fraction of sp³-hybridized carbons (Fsp3) is 0.429. The fourth-order valence-electron chi connectivity index (χ4n) is 1.40. The Balaban J connectivity index is 2.55. The predicted molar refractivity (Wildman–Crippen MR) is 77.6 cm³/mol. The van der Waals surface area contributed by atoms with E-state index in [4.69, 9.17) is 9.47 Å². The van der Waals surface area contributed by atoms with E-state index in [0.717, 1.165) is 4.90 Å². The van der Waals surface area contributed by atoms with Crippen LogP contribution in [-0.4, -0.2) is 41.1 Å². The standard InChI is InChI=1S/C14H18N2O6/c1-14(2,3)22-13(18)15(4)9-12(17)21-11-7-5-10(6-8-11)16(19)20/h5-8H,9H2,1-4H3. The molecule has 0 fully saturated rings. The molecule has 1 rings (SSSR count). The molecule has 0 unspecified atom stereocenters. The summed E-state index contributed by atoms with van der Waals surface area (Å²) < 4.78 is 10.1. The lowest BCUT2D eigenvalue weighted by atomic mass is 10.2. The van der Waals surface area contributed by atoms with Crippen LogP contribution in [0.2, 0.25) is 0 Å². The Morgan fingerprint density at radius 2 is 1.77 bits per heavy atom. The maximum absolute atomic E-state index is 11.7. The molecule has 8 nitrogen and oxygen atoms in total. The molecule has 0 spiro atoms. The zero-order valence-corrected chi connectivity index (χ0v) is 12.9. The molecule has 120 valence electrons. The van der Waals surface area contributed by atoms with Gasteiger partial charge in [-0.05, 0) is 32.9 Å². The predicted octanol–water partition coefficient (Wildman–Crippen LogP) is 2.37. The van der Waals surface area contributed by atoms with E-state index >= 15 is 0 Å². The number of hydrogen-bond acceptors (Lipinski definition) is 6. The zero-order chi connectivity index (χ0) is 16.9. The Hall–Kier alpha value is -2.64. The smallest absolute Gasteiger partial charge is 0.410 e. The summed E-state index contributed by atoms with van der Waals surface area (Å²) in [5, 5.41) is 10.5. The highest BCUT2D eigenvalue weighted by Crippen LogP contribution is 2.17. The Kier molecular flexibility index (Phi) is 5.44. The van der Waals surface area contributed by atoms with Gasteiger partial charge in [0.05, 0.1) is 4.92 Å². The van der Waals surface area contributed by atoms with E-state index in [1.807, 2.05) is 0 Å². The number of nitrogens with zero attached hydrogens (tertiary/aromatic N) is 2. The Bertz CT molecular complexity index is 562. The zero-order valence-electron chi connectivity index (χ0n) is 12.9. The van der Waals surface area contributed by atoms with Crippen molar-refractivity contribution in [3.63, 3.8) is 0 Å². The first kappa shape index (κ1) is 17.4. The highest BCUT2D eigenvalue weighted by Gasteiger charge is 2.21. The minimum absolute atomic E-state index is 0.106. The Morgan fingerprint density at radius 3 is 2.23 bits per heavy atom. The van der Waals surface area contributed by atoms with Crippen molar-refractivity contribution in [2.45, 2.75) is 26.4 Å². The van der Waals surface area contributed by atoms with Crippen LogP contribution in [0.5, 0.6) is 5.75 Å². The molecule has 0 saturated heterocycles. The Morgan fingerprint density at radius 1 is 1.23 bits per heavy atom. The third-order valence-corrected chi connectivity index (χ3v) is 2.35. The van der Waals surface area contributed by atoms with Gasteiger partial charge in [0, 0.05) is 19.2 Å². The van der Waals surface area contributed by atoms with Crippen molar-refractivity contribution in [2.75, 3.05) is 13.6 Å². The summed E-state index contributed by atoms with van der Waals surface area (Å²) in [4.78, 5) is 34.4. The number of carbonyl (C=O) groups is 2. The summed E-state index contributed by atoms with van der Waals surface area (Å²) in [5.74, 6) is -0.518. The van der Waals surface area contributed by atoms with Gasteiger partial charge in [0.2, 0.25) is 0 Å². The van der Waals surface area contributed by atoms with Crippen LogP contribution in [0.25, 0.3) is 0 Å². The van der Waals surface area contributed by atoms with Crippen LogP contribution >= 0.6 is 0 Å². The molecule has 22 heavy (non-hydrogen) atoms. The average Bonchev–Trinajstić information content (AvgIpc) is 2.37. The number of ether oxygens (including phenoxy) is 2. The van der Waals surface area contributed by atoms with Crippen molar-refractivity contribution >= 4 is 17.7 Å². The van der Waals surface area contributed by atoms with Gasteiger partial charge in [0.1, 0.15) is 17.9 Å². The van der Waals surface area contributed by atoms with Crippen LogP contribution in [0.3, 0.4) is 0 Å². The highest BCUT2D eigenvalue weighted by molar-refractivity contribution is 5.79. The number of esters is 1. The first-order valence-corrected chi connectivity index (χ1v) is 6.48. The summed E-state index contributed by atoms with van der Waals surface area (Å²) in [6.07, 6.45) is -0.645. The van der Waals surface area contributed by atoms with Gasteiger partial charge in [-0.1, -0.05) is 0 Å². The number of amides is 1. The van der Waals surface area contributed by atoms with Gasteiger partial charge in [0.25, 0.3) is 5.69 Å². The van der Waals surface area contributed by atoms with Crippen molar-refractivity contribution in [1.82, 2.24) is 4.90 Å². The average molecular weight is 310 g/mol. The lowest BCUT2D eigenvalue weighted by Gasteiger charge is -2.24.